The van der Waals surface area contributed by atoms with Crippen LogP contribution >= 0.6 is 0 Å². The van der Waals surface area contributed by atoms with Crippen LogP contribution in [0, 0.1) is 5.92 Å². The second-order valence-electron chi connectivity index (χ2n) is 5.27. The predicted octanol–water partition coefficient (Wildman–Crippen LogP) is 3.26. The lowest BCUT2D eigenvalue weighted by Gasteiger charge is -2.08. The molecule has 0 aromatic carbocycles. The van der Waals surface area contributed by atoms with E-state index in [2.05, 4.69) is 31.1 Å². The highest BCUT2D eigenvalue weighted by Crippen LogP contribution is 2.12. The van der Waals surface area contributed by atoms with Crippen molar-refractivity contribution in [3.05, 3.63) is 11.4 Å². The number of nitrogens with zero attached hydrogens (tertiary/aromatic N) is 3. The van der Waals surface area contributed by atoms with Gasteiger partial charge < -0.3 is 0 Å². The standard InChI is InChI=1S/C14H25N3O/c1-4-5-6-7-8-9-17-14(10-12(2)3)13(11-18)15-16-17/h11-12H,4-10H2,1-3H3. The van der Waals surface area contributed by atoms with Gasteiger partial charge in [-0.1, -0.05) is 51.7 Å². The minimum atomic E-state index is 0.511. The minimum Gasteiger partial charge on any atom is -0.296 e. The van der Waals surface area contributed by atoms with E-state index < -0.39 is 0 Å². The van der Waals surface area contributed by atoms with Crippen molar-refractivity contribution >= 4 is 6.29 Å². The smallest absolute Gasteiger partial charge is 0.172 e. The summed E-state index contributed by atoms with van der Waals surface area (Å²) in [5.74, 6) is 0.515. The van der Waals surface area contributed by atoms with Gasteiger partial charge in [0.15, 0.2) is 6.29 Å². The maximum absolute atomic E-state index is 10.9. The van der Waals surface area contributed by atoms with Gasteiger partial charge in [0.1, 0.15) is 5.69 Å². The summed E-state index contributed by atoms with van der Waals surface area (Å²) in [6.07, 6.45) is 7.88. The van der Waals surface area contributed by atoms with Crippen molar-refractivity contribution in [2.45, 2.75) is 65.8 Å². The van der Waals surface area contributed by atoms with Crippen LogP contribution < -0.4 is 0 Å². The molecule has 0 amide bonds. The van der Waals surface area contributed by atoms with Crippen LogP contribution in [0.3, 0.4) is 0 Å². The van der Waals surface area contributed by atoms with Gasteiger partial charge in [-0.05, 0) is 18.8 Å². The molecule has 1 aromatic rings. The quantitative estimate of drug-likeness (QED) is 0.500. The number of hydrogen-bond acceptors (Lipinski definition) is 3. The first-order valence-corrected chi connectivity index (χ1v) is 7.06. The Morgan fingerprint density at radius 2 is 1.94 bits per heavy atom. The van der Waals surface area contributed by atoms with E-state index >= 15 is 0 Å². The highest BCUT2D eigenvalue weighted by atomic mass is 16.1. The number of hydrogen-bond donors (Lipinski definition) is 0. The fraction of sp³-hybridized carbons (Fsp3) is 0.786. The van der Waals surface area contributed by atoms with Gasteiger partial charge in [-0.15, -0.1) is 5.10 Å². The van der Waals surface area contributed by atoms with Gasteiger partial charge in [-0.3, -0.25) is 4.79 Å². The molecule has 102 valence electrons. The lowest BCUT2D eigenvalue weighted by atomic mass is 10.1. The molecule has 0 aliphatic carbocycles. The molecule has 1 heterocycles. The van der Waals surface area contributed by atoms with Crippen LogP contribution in [0.5, 0.6) is 0 Å². The average Bonchev–Trinajstić information content (AvgIpc) is 2.71. The summed E-state index contributed by atoms with van der Waals surface area (Å²) in [5, 5.41) is 8.04. The lowest BCUT2D eigenvalue weighted by Crippen LogP contribution is -2.09. The number of aromatic nitrogens is 3. The second-order valence-corrected chi connectivity index (χ2v) is 5.27. The van der Waals surface area contributed by atoms with Crippen molar-refractivity contribution in [2.75, 3.05) is 0 Å². The molecule has 0 atom stereocenters. The molecule has 0 fully saturated rings. The summed E-state index contributed by atoms with van der Waals surface area (Å²) in [5.41, 5.74) is 1.51. The molecule has 0 N–H and O–H groups in total. The fourth-order valence-electron chi connectivity index (χ4n) is 2.08. The summed E-state index contributed by atoms with van der Waals surface area (Å²) >= 11 is 0. The second kappa shape index (κ2) is 8.01. The van der Waals surface area contributed by atoms with E-state index in [9.17, 15) is 4.79 Å². The number of aldehydes is 1. The fourth-order valence-corrected chi connectivity index (χ4v) is 2.08. The Kier molecular flexibility index (Phi) is 6.61. The molecule has 0 spiro atoms. The number of rotatable bonds is 9. The zero-order chi connectivity index (χ0) is 13.4. The molecular formula is C14H25N3O. The summed E-state index contributed by atoms with van der Waals surface area (Å²) in [4.78, 5) is 10.9. The molecule has 0 saturated heterocycles. The average molecular weight is 251 g/mol. The van der Waals surface area contributed by atoms with Crippen LogP contribution in [0.2, 0.25) is 0 Å². The van der Waals surface area contributed by atoms with Gasteiger partial charge >= 0.3 is 0 Å². The molecule has 0 aliphatic heterocycles. The molecule has 18 heavy (non-hydrogen) atoms. The largest absolute Gasteiger partial charge is 0.296 e. The first kappa shape index (κ1) is 14.9. The summed E-state index contributed by atoms with van der Waals surface area (Å²) in [6.45, 7) is 7.39. The Morgan fingerprint density at radius 1 is 1.22 bits per heavy atom. The van der Waals surface area contributed by atoms with E-state index in [1.54, 1.807) is 0 Å². The Labute approximate surface area is 110 Å². The number of carbonyl (C=O) groups is 1. The number of carbonyl (C=O) groups excluding carboxylic acids is 1. The van der Waals surface area contributed by atoms with Crippen molar-refractivity contribution < 1.29 is 4.79 Å². The highest BCUT2D eigenvalue weighted by molar-refractivity contribution is 5.73. The Morgan fingerprint density at radius 3 is 2.56 bits per heavy atom. The van der Waals surface area contributed by atoms with Crippen molar-refractivity contribution in [1.82, 2.24) is 15.0 Å². The van der Waals surface area contributed by atoms with Gasteiger partial charge in [-0.25, -0.2) is 4.68 Å². The third-order valence-electron chi connectivity index (χ3n) is 3.05. The van der Waals surface area contributed by atoms with Crippen LogP contribution in [0.1, 0.15) is 69.1 Å². The summed E-state index contributed by atoms with van der Waals surface area (Å²) in [6, 6.07) is 0. The van der Waals surface area contributed by atoms with Crippen LogP contribution in [0.25, 0.3) is 0 Å². The van der Waals surface area contributed by atoms with Gasteiger partial charge in [0, 0.05) is 6.54 Å². The van der Waals surface area contributed by atoms with Gasteiger partial charge in [-0.2, -0.15) is 0 Å². The van der Waals surface area contributed by atoms with Crippen LogP contribution in [0.15, 0.2) is 0 Å². The summed E-state index contributed by atoms with van der Waals surface area (Å²) < 4.78 is 1.91. The Balaban J connectivity index is 2.53. The molecule has 1 aromatic heterocycles. The molecule has 0 bridgehead atoms. The minimum absolute atomic E-state index is 0.511. The van der Waals surface area contributed by atoms with Crippen LogP contribution in [-0.2, 0) is 13.0 Å². The third kappa shape index (κ3) is 4.59. The van der Waals surface area contributed by atoms with Gasteiger partial charge in [0.05, 0.1) is 5.69 Å². The van der Waals surface area contributed by atoms with Crippen molar-refractivity contribution in [2.24, 2.45) is 5.92 Å². The maximum Gasteiger partial charge on any atom is 0.172 e. The molecule has 0 unspecified atom stereocenters. The third-order valence-corrected chi connectivity index (χ3v) is 3.05. The van der Waals surface area contributed by atoms with E-state index in [0.29, 0.717) is 11.6 Å². The highest BCUT2D eigenvalue weighted by Gasteiger charge is 2.13. The first-order valence-electron chi connectivity index (χ1n) is 7.06. The van der Waals surface area contributed by atoms with Crippen LogP contribution in [-0.4, -0.2) is 21.3 Å². The normalized spacial score (nSPS) is 11.1. The zero-order valence-corrected chi connectivity index (χ0v) is 11.9. The molecule has 0 radical (unpaired) electrons. The molecule has 4 nitrogen and oxygen atoms in total. The molecule has 0 aliphatic rings. The van der Waals surface area contributed by atoms with E-state index in [1.165, 1.54) is 25.7 Å². The molecule has 4 heteroatoms. The molecule has 1 rings (SSSR count). The predicted molar refractivity (Wildman–Crippen MR) is 72.7 cm³/mol. The van der Waals surface area contributed by atoms with Crippen molar-refractivity contribution in [3.63, 3.8) is 0 Å². The Hall–Kier alpha value is -1.19. The van der Waals surface area contributed by atoms with E-state index in [-0.39, 0.29) is 0 Å². The lowest BCUT2D eigenvalue weighted by molar-refractivity contribution is 0.111. The topological polar surface area (TPSA) is 47.8 Å². The first-order chi connectivity index (χ1) is 8.69. The van der Waals surface area contributed by atoms with Crippen molar-refractivity contribution in [1.29, 1.82) is 0 Å². The van der Waals surface area contributed by atoms with Crippen molar-refractivity contribution in [3.8, 4) is 0 Å². The Bertz CT molecular complexity index is 358. The van der Waals surface area contributed by atoms with E-state index in [1.807, 2.05) is 4.68 Å². The van der Waals surface area contributed by atoms with Gasteiger partial charge in [0.2, 0.25) is 0 Å². The molecular weight excluding hydrogens is 226 g/mol. The number of aryl methyl sites for hydroxylation is 1. The number of unbranched alkanes of at least 4 members (excludes halogenated alkanes) is 4. The van der Waals surface area contributed by atoms with E-state index in [0.717, 1.165) is 31.4 Å². The maximum atomic E-state index is 10.9. The SMILES string of the molecule is CCCCCCCn1nnc(C=O)c1CC(C)C. The van der Waals surface area contributed by atoms with Gasteiger partial charge in [0.25, 0.3) is 0 Å². The monoisotopic (exact) mass is 251 g/mol. The van der Waals surface area contributed by atoms with E-state index in [4.69, 9.17) is 0 Å². The molecule has 0 saturated carbocycles. The summed E-state index contributed by atoms with van der Waals surface area (Å²) in [7, 11) is 0. The van der Waals surface area contributed by atoms with Crippen LogP contribution in [0.4, 0.5) is 0 Å². The zero-order valence-electron chi connectivity index (χ0n) is 11.9.